The van der Waals surface area contributed by atoms with E-state index in [0.29, 0.717) is 31.1 Å². The second kappa shape index (κ2) is 8.69. The number of rotatable bonds is 8. The largest absolute Gasteiger partial charge is 0.419 e. The van der Waals surface area contributed by atoms with Crippen molar-refractivity contribution in [1.29, 1.82) is 5.26 Å². The van der Waals surface area contributed by atoms with Crippen LogP contribution >= 0.6 is 0 Å². The summed E-state index contributed by atoms with van der Waals surface area (Å²) < 4.78 is 34.5. The lowest BCUT2D eigenvalue weighted by atomic mass is 10.2. The van der Waals surface area contributed by atoms with Gasteiger partial charge in [-0.25, -0.2) is 13.4 Å². The van der Waals surface area contributed by atoms with Crippen LogP contribution in [0.1, 0.15) is 25.0 Å². The molecule has 0 amide bonds. The molecule has 30 heavy (non-hydrogen) atoms. The lowest BCUT2D eigenvalue weighted by Crippen LogP contribution is -2.27. The molecule has 0 bridgehead atoms. The molecular weight excluding hydrogens is 404 g/mol. The molecule has 0 unspecified atom stereocenters. The van der Waals surface area contributed by atoms with E-state index >= 15 is 0 Å². The van der Waals surface area contributed by atoms with Crippen molar-refractivity contribution in [3.8, 4) is 17.5 Å². The van der Waals surface area contributed by atoms with Crippen LogP contribution in [0.25, 0.3) is 11.5 Å². The summed E-state index contributed by atoms with van der Waals surface area (Å²) in [6.07, 6.45) is 7.97. The first-order valence-electron chi connectivity index (χ1n) is 9.79. The van der Waals surface area contributed by atoms with E-state index in [9.17, 15) is 13.7 Å². The Morgan fingerprint density at radius 1 is 1.20 bits per heavy atom. The van der Waals surface area contributed by atoms with E-state index < -0.39 is 10.0 Å². The molecule has 0 spiro atoms. The second-order valence-electron chi connectivity index (χ2n) is 7.02. The Morgan fingerprint density at radius 2 is 1.97 bits per heavy atom. The van der Waals surface area contributed by atoms with Crippen LogP contribution in [-0.4, -0.2) is 46.9 Å². The molecule has 1 saturated heterocycles. The van der Waals surface area contributed by atoms with Gasteiger partial charge in [0.2, 0.25) is 27.5 Å². The maximum Gasteiger partial charge on any atom is 0.243 e. The van der Waals surface area contributed by atoms with Crippen molar-refractivity contribution in [1.82, 2.24) is 18.8 Å². The number of aromatic nitrogens is 3. The van der Waals surface area contributed by atoms with Crippen molar-refractivity contribution in [3.05, 3.63) is 48.7 Å². The highest BCUT2D eigenvalue weighted by Crippen LogP contribution is 2.27. The summed E-state index contributed by atoms with van der Waals surface area (Å²) in [6.45, 7) is 2.52. The minimum atomic E-state index is -3.47. The summed E-state index contributed by atoms with van der Waals surface area (Å²) in [5.74, 6) is 0.584. The Labute approximate surface area is 175 Å². The quantitative estimate of drug-likeness (QED) is 0.550. The molecule has 1 N–H and O–H groups in total. The Morgan fingerprint density at radius 3 is 2.63 bits per heavy atom. The first-order chi connectivity index (χ1) is 14.6. The third kappa shape index (κ3) is 4.22. The zero-order valence-electron chi connectivity index (χ0n) is 16.4. The zero-order valence-corrected chi connectivity index (χ0v) is 17.2. The molecule has 0 saturated carbocycles. The van der Waals surface area contributed by atoms with E-state index in [-0.39, 0.29) is 16.5 Å². The third-order valence-electron chi connectivity index (χ3n) is 4.97. The van der Waals surface area contributed by atoms with Gasteiger partial charge in [0.05, 0.1) is 11.2 Å². The van der Waals surface area contributed by atoms with E-state index in [4.69, 9.17) is 4.42 Å². The second-order valence-corrected chi connectivity index (χ2v) is 8.96. The van der Waals surface area contributed by atoms with Gasteiger partial charge in [-0.05, 0) is 43.5 Å². The van der Waals surface area contributed by atoms with Gasteiger partial charge in [-0.3, -0.25) is 0 Å². The third-order valence-corrected chi connectivity index (χ3v) is 6.89. The number of hydrogen-bond acceptors (Lipinski definition) is 7. The van der Waals surface area contributed by atoms with Crippen LogP contribution in [0.4, 0.5) is 5.88 Å². The number of hydrogen-bond donors (Lipinski definition) is 1. The minimum Gasteiger partial charge on any atom is -0.419 e. The number of sulfonamides is 1. The molecule has 1 aromatic carbocycles. The highest BCUT2D eigenvalue weighted by molar-refractivity contribution is 7.89. The molecule has 10 heteroatoms. The fourth-order valence-electron chi connectivity index (χ4n) is 3.37. The summed E-state index contributed by atoms with van der Waals surface area (Å²) >= 11 is 0. The molecule has 2 aromatic heterocycles. The van der Waals surface area contributed by atoms with Crippen molar-refractivity contribution < 1.29 is 12.8 Å². The van der Waals surface area contributed by atoms with Gasteiger partial charge in [0.25, 0.3) is 0 Å². The number of anilines is 1. The van der Waals surface area contributed by atoms with E-state index in [2.05, 4.69) is 15.3 Å². The van der Waals surface area contributed by atoms with Crippen molar-refractivity contribution in [2.24, 2.45) is 0 Å². The van der Waals surface area contributed by atoms with Gasteiger partial charge in [-0.15, -0.1) is 0 Å². The van der Waals surface area contributed by atoms with Crippen molar-refractivity contribution in [2.45, 2.75) is 30.7 Å². The average molecular weight is 427 g/mol. The predicted octanol–water partition coefficient (Wildman–Crippen LogP) is 2.70. The smallest absolute Gasteiger partial charge is 0.243 e. The highest BCUT2D eigenvalue weighted by Gasteiger charge is 2.27. The van der Waals surface area contributed by atoms with Crippen LogP contribution in [0.2, 0.25) is 0 Å². The summed E-state index contributed by atoms with van der Waals surface area (Å²) in [5, 5.41) is 12.4. The Hall–Kier alpha value is -3.16. The number of nitrogens with one attached hydrogen (secondary N) is 1. The van der Waals surface area contributed by atoms with Gasteiger partial charge in [0.1, 0.15) is 6.07 Å². The number of imidazole rings is 1. The van der Waals surface area contributed by atoms with Crippen molar-refractivity contribution in [2.75, 3.05) is 25.0 Å². The van der Waals surface area contributed by atoms with Gasteiger partial charge in [-0.1, -0.05) is 0 Å². The lowest BCUT2D eigenvalue weighted by molar-refractivity contribution is 0.477. The maximum atomic E-state index is 12.6. The van der Waals surface area contributed by atoms with Gasteiger partial charge in [0, 0.05) is 44.1 Å². The summed E-state index contributed by atoms with van der Waals surface area (Å²) in [5.41, 5.74) is 0.778. The van der Waals surface area contributed by atoms with E-state index in [0.717, 1.165) is 25.8 Å². The number of benzene rings is 1. The molecule has 4 rings (SSSR count). The van der Waals surface area contributed by atoms with Crippen LogP contribution in [0.5, 0.6) is 0 Å². The highest BCUT2D eigenvalue weighted by atomic mass is 32.2. The molecule has 3 heterocycles. The number of nitrogens with zero attached hydrogens (tertiary/aromatic N) is 5. The fraction of sp³-hybridized carbons (Fsp3) is 0.350. The molecule has 0 atom stereocenters. The lowest BCUT2D eigenvalue weighted by Gasteiger charge is -2.15. The molecule has 156 valence electrons. The summed E-state index contributed by atoms with van der Waals surface area (Å²) in [6, 6.07) is 8.44. The zero-order chi connectivity index (χ0) is 21.0. The molecular formula is C20H22N6O3S. The van der Waals surface area contributed by atoms with Crippen LogP contribution in [0.3, 0.4) is 0 Å². The van der Waals surface area contributed by atoms with E-state index in [1.54, 1.807) is 36.8 Å². The number of nitriles is 1. The molecule has 3 aromatic rings. The monoisotopic (exact) mass is 426 g/mol. The number of oxazole rings is 1. The normalized spacial score (nSPS) is 14.6. The summed E-state index contributed by atoms with van der Waals surface area (Å²) in [7, 11) is -3.47. The minimum absolute atomic E-state index is 0.168. The van der Waals surface area contributed by atoms with Gasteiger partial charge in [-0.2, -0.15) is 14.6 Å². The van der Waals surface area contributed by atoms with Crippen molar-refractivity contribution in [3.63, 3.8) is 0 Å². The first-order valence-corrected chi connectivity index (χ1v) is 11.2. The molecule has 1 aliphatic heterocycles. The van der Waals surface area contributed by atoms with Gasteiger partial charge in [0.15, 0.2) is 0 Å². The number of aryl methyl sites for hydroxylation is 1. The van der Waals surface area contributed by atoms with Crippen LogP contribution < -0.4 is 5.32 Å². The van der Waals surface area contributed by atoms with Crippen LogP contribution in [0, 0.1) is 11.3 Å². The van der Waals surface area contributed by atoms with Gasteiger partial charge < -0.3 is 14.3 Å². The van der Waals surface area contributed by atoms with E-state index in [1.807, 2.05) is 16.8 Å². The standard InChI is InChI=1S/C20H22N6O3S/c21-14-18-20(23-8-3-10-25-13-9-22-15-25)29-19(24-18)16-4-6-17(7-5-16)30(27,28)26-11-1-2-12-26/h4-7,9,13,15,23H,1-3,8,10-12H2. The first kappa shape index (κ1) is 20.1. The predicted molar refractivity (Wildman–Crippen MR) is 110 cm³/mol. The Bertz CT molecular complexity index is 1120. The Balaban J connectivity index is 1.44. The van der Waals surface area contributed by atoms with Crippen LogP contribution in [-0.2, 0) is 16.6 Å². The van der Waals surface area contributed by atoms with Crippen LogP contribution in [0.15, 0.2) is 52.3 Å². The van der Waals surface area contributed by atoms with Crippen molar-refractivity contribution >= 4 is 15.9 Å². The fourth-order valence-corrected chi connectivity index (χ4v) is 4.89. The molecule has 1 aliphatic rings. The Kier molecular flexibility index (Phi) is 5.83. The maximum absolute atomic E-state index is 12.6. The molecule has 1 fully saturated rings. The summed E-state index contributed by atoms with van der Waals surface area (Å²) in [4.78, 5) is 8.48. The average Bonchev–Trinajstić information content (AvgIpc) is 3.53. The SMILES string of the molecule is N#Cc1nc(-c2ccc(S(=O)(=O)N3CCCC3)cc2)oc1NCCCn1ccnc1. The molecule has 9 nitrogen and oxygen atoms in total. The topological polar surface area (TPSA) is 117 Å². The molecule has 0 aliphatic carbocycles. The van der Waals surface area contributed by atoms with Gasteiger partial charge >= 0.3 is 0 Å². The molecule has 0 radical (unpaired) electrons. The van der Waals surface area contributed by atoms with E-state index in [1.165, 1.54) is 4.31 Å².